The van der Waals surface area contributed by atoms with Gasteiger partial charge in [0.2, 0.25) is 0 Å². The van der Waals surface area contributed by atoms with Crippen molar-refractivity contribution in [1.29, 1.82) is 0 Å². The first-order valence-electron chi connectivity index (χ1n) is 6.61. The summed E-state index contributed by atoms with van der Waals surface area (Å²) >= 11 is 0. The molecule has 0 saturated heterocycles. The van der Waals surface area contributed by atoms with Crippen molar-refractivity contribution in [1.82, 2.24) is 9.38 Å². The Bertz CT molecular complexity index is 669. The second-order valence-electron chi connectivity index (χ2n) is 5.78. The third-order valence-corrected chi connectivity index (χ3v) is 3.14. The molecule has 5 heteroatoms. The number of aromatic nitrogens is 2. The molecule has 0 amide bonds. The van der Waals surface area contributed by atoms with Crippen molar-refractivity contribution in [3.8, 4) is 0 Å². The fourth-order valence-corrected chi connectivity index (χ4v) is 2.22. The molecule has 0 fully saturated rings. The lowest BCUT2D eigenvalue weighted by molar-refractivity contribution is 0.0517. The zero-order valence-electron chi connectivity index (χ0n) is 12.5. The van der Waals surface area contributed by atoms with E-state index in [0.717, 1.165) is 5.56 Å². The van der Waals surface area contributed by atoms with Gasteiger partial charge in [-0.05, 0) is 25.3 Å². The monoisotopic (exact) mass is 278 g/mol. The first-order chi connectivity index (χ1) is 9.25. The van der Waals surface area contributed by atoms with Crippen molar-refractivity contribution in [2.24, 2.45) is 0 Å². The Labute approximate surface area is 117 Å². The van der Waals surface area contributed by atoms with E-state index in [9.17, 15) is 9.18 Å². The number of hydrogen-bond donors (Lipinski definition) is 0. The molecule has 0 atom stereocenters. The van der Waals surface area contributed by atoms with E-state index < -0.39 is 11.8 Å². The second-order valence-corrected chi connectivity index (χ2v) is 5.78. The van der Waals surface area contributed by atoms with Gasteiger partial charge in [0.15, 0.2) is 5.69 Å². The lowest BCUT2D eigenvalue weighted by Crippen LogP contribution is -2.15. The van der Waals surface area contributed by atoms with E-state index in [1.54, 1.807) is 13.8 Å². The highest BCUT2D eigenvalue weighted by Gasteiger charge is 2.25. The number of rotatable bonds is 2. The Balaban J connectivity index is 2.77. The lowest BCUT2D eigenvalue weighted by atomic mass is 9.88. The minimum Gasteiger partial charge on any atom is -0.461 e. The number of fused-ring (bicyclic) bond motifs is 1. The van der Waals surface area contributed by atoms with Crippen molar-refractivity contribution in [3.63, 3.8) is 0 Å². The SMILES string of the molecule is CCOC(=O)c1c(C)nc2c(C(C)(C)C)cc(F)cn12. The lowest BCUT2D eigenvalue weighted by Gasteiger charge is -2.19. The maximum absolute atomic E-state index is 13.9. The van der Waals surface area contributed by atoms with Crippen LogP contribution in [0.5, 0.6) is 0 Å². The number of carbonyl (C=O) groups is 1. The highest BCUT2D eigenvalue weighted by Crippen LogP contribution is 2.28. The average Bonchev–Trinajstić information content (AvgIpc) is 2.63. The zero-order chi connectivity index (χ0) is 15.1. The van der Waals surface area contributed by atoms with E-state index in [4.69, 9.17) is 4.74 Å². The Kier molecular flexibility index (Phi) is 3.54. The molecule has 20 heavy (non-hydrogen) atoms. The van der Waals surface area contributed by atoms with Gasteiger partial charge < -0.3 is 4.74 Å². The molecule has 2 aromatic heterocycles. The van der Waals surface area contributed by atoms with E-state index in [-0.39, 0.29) is 17.7 Å². The molecule has 0 aliphatic rings. The molecule has 108 valence electrons. The average molecular weight is 278 g/mol. The van der Waals surface area contributed by atoms with Crippen LogP contribution in [0.4, 0.5) is 4.39 Å². The minimum absolute atomic E-state index is 0.271. The van der Waals surface area contributed by atoms with Gasteiger partial charge in [-0.15, -0.1) is 0 Å². The van der Waals surface area contributed by atoms with Crippen LogP contribution < -0.4 is 0 Å². The fourth-order valence-electron chi connectivity index (χ4n) is 2.22. The maximum Gasteiger partial charge on any atom is 0.357 e. The van der Waals surface area contributed by atoms with Crippen LogP contribution in [0.25, 0.3) is 5.65 Å². The Morgan fingerprint density at radius 2 is 2.10 bits per heavy atom. The number of imidazole rings is 1. The number of pyridine rings is 1. The summed E-state index contributed by atoms with van der Waals surface area (Å²) in [7, 11) is 0. The molecule has 0 radical (unpaired) electrons. The number of ether oxygens (including phenoxy) is 1. The van der Waals surface area contributed by atoms with Crippen molar-refractivity contribution in [2.45, 2.75) is 40.0 Å². The van der Waals surface area contributed by atoms with Crippen LogP contribution in [-0.4, -0.2) is 22.0 Å². The van der Waals surface area contributed by atoms with Gasteiger partial charge in [0.05, 0.1) is 12.3 Å². The quantitative estimate of drug-likeness (QED) is 0.792. The molecule has 0 unspecified atom stereocenters. The van der Waals surface area contributed by atoms with Crippen LogP contribution >= 0.6 is 0 Å². The van der Waals surface area contributed by atoms with Gasteiger partial charge in [-0.3, -0.25) is 4.40 Å². The molecule has 0 N–H and O–H groups in total. The van der Waals surface area contributed by atoms with Crippen molar-refractivity contribution in [2.75, 3.05) is 6.61 Å². The van der Waals surface area contributed by atoms with Crippen LogP contribution in [-0.2, 0) is 10.2 Å². The molecule has 0 spiro atoms. The summed E-state index contributed by atoms with van der Waals surface area (Å²) in [6, 6.07) is 1.47. The summed E-state index contributed by atoms with van der Waals surface area (Å²) < 4.78 is 20.4. The number of hydrogen-bond acceptors (Lipinski definition) is 3. The Morgan fingerprint density at radius 1 is 1.45 bits per heavy atom. The third kappa shape index (κ3) is 2.40. The molecule has 0 aliphatic carbocycles. The highest BCUT2D eigenvalue weighted by molar-refractivity contribution is 5.90. The summed E-state index contributed by atoms with van der Waals surface area (Å²) in [5.74, 6) is -0.881. The molecule has 0 bridgehead atoms. The highest BCUT2D eigenvalue weighted by atomic mass is 19.1. The van der Waals surface area contributed by atoms with Gasteiger partial charge in [-0.2, -0.15) is 0 Å². The number of aryl methyl sites for hydroxylation is 1. The predicted molar refractivity (Wildman–Crippen MR) is 74.5 cm³/mol. The minimum atomic E-state index is -0.483. The summed E-state index contributed by atoms with van der Waals surface area (Å²) in [5.41, 5.74) is 1.91. The van der Waals surface area contributed by atoms with Gasteiger partial charge in [0.25, 0.3) is 0 Å². The summed E-state index contributed by atoms with van der Waals surface area (Å²) in [5, 5.41) is 0. The summed E-state index contributed by atoms with van der Waals surface area (Å²) in [4.78, 5) is 16.4. The first-order valence-corrected chi connectivity index (χ1v) is 6.61. The fraction of sp³-hybridized carbons (Fsp3) is 0.467. The molecule has 0 aromatic carbocycles. The van der Waals surface area contributed by atoms with Gasteiger partial charge >= 0.3 is 5.97 Å². The van der Waals surface area contributed by atoms with E-state index >= 15 is 0 Å². The summed E-state index contributed by atoms with van der Waals surface area (Å²) in [6.45, 7) is 9.68. The van der Waals surface area contributed by atoms with E-state index in [0.29, 0.717) is 11.3 Å². The van der Waals surface area contributed by atoms with Crippen LogP contribution in [0, 0.1) is 12.7 Å². The largest absolute Gasteiger partial charge is 0.461 e. The van der Waals surface area contributed by atoms with E-state index in [1.807, 2.05) is 20.8 Å². The van der Waals surface area contributed by atoms with Gasteiger partial charge in [0.1, 0.15) is 11.5 Å². The van der Waals surface area contributed by atoms with Crippen molar-refractivity contribution < 1.29 is 13.9 Å². The van der Waals surface area contributed by atoms with Crippen molar-refractivity contribution in [3.05, 3.63) is 35.0 Å². The number of halogens is 1. The molecular formula is C15H19FN2O2. The van der Waals surface area contributed by atoms with Gasteiger partial charge in [-0.1, -0.05) is 20.8 Å². The molecule has 0 aliphatic heterocycles. The Hall–Kier alpha value is -1.91. The van der Waals surface area contributed by atoms with Crippen LogP contribution in [0.2, 0.25) is 0 Å². The molecule has 4 nitrogen and oxygen atoms in total. The number of nitrogens with zero attached hydrogens (tertiary/aromatic N) is 2. The smallest absolute Gasteiger partial charge is 0.357 e. The van der Waals surface area contributed by atoms with Crippen LogP contribution in [0.1, 0.15) is 49.4 Å². The van der Waals surface area contributed by atoms with E-state index in [2.05, 4.69) is 4.98 Å². The zero-order valence-corrected chi connectivity index (χ0v) is 12.5. The molecule has 2 aromatic rings. The molecular weight excluding hydrogens is 259 g/mol. The first kappa shape index (κ1) is 14.5. The third-order valence-electron chi connectivity index (χ3n) is 3.14. The molecule has 2 rings (SSSR count). The van der Waals surface area contributed by atoms with Crippen LogP contribution in [0.15, 0.2) is 12.3 Å². The number of esters is 1. The van der Waals surface area contributed by atoms with Crippen molar-refractivity contribution >= 4 is 11.6 Å². The van der Waals surface area contributed by atoms with Gasteiger partial charge in [0, 0.05) is 11.8 Å². The molecule has 2 heterocycles. The maximum atomic E-state index is 13.9. The Morgan fingerprint density at radius 3 is 2.65 bits per heavy atom. The van der Waals surface area contributed by atoms with Gasteiger partial charge in [-0.25, -0.2) is 14.2 Å². The molecule has 0 saturated carbocycles. The second kappa shape index (κ2) is 4.89. The van der Waals surface area contributed by atoms with Crippen LogP contribution in [0.3, 0.4) is 0 Å². The predicted octanol–water partition coefficient (Wildman–Crippen LogP) is 3.26. The normalized spacial score (nSPS) is 11.9. The summed E-state index contributed by atoms with van der Waals surface area (Å²) in [6.07, 6.45) is 1.27. The van der Waals surface area contributed by atoms with E-state index in [1.165, 1.54) is 16.7 Å². The standard InChI is InChI=1S/C15H19FN2O2/c1-6-20-14(19)12-9(2)17-13-11(15(3,4)5)7-10(16)8-18(12)13/h7-8H,6H2,1-5H3. The number of carbonyl (C=O) groups excluding carboxylic acids is 1. The topological polar surface area (TPSA) is 43.6 Å².